The van der Waals surface area contributed by atoms with Gasteiger partial charge in [-0.05, 0) is 30.7 Å². The van der Waals surface area contributed by atoms with Crippen molar-refractivity contribution in [2.75, 3.05) is 23.7 Å². The van der Waals surface area contributed by atoms with E-state index in [0.717, 1.165) is 31.0 Å². The van der Waals surface area contributed by atoms with Crippen molar-refractivity contribution >= 4 is 23.1 Å². The molecule has 0 spiro atoms. The number of halogens is 1. The van der Waals surface area contributed by atoms with Gasteiger partial charge in [-0.3, -0.25) is 0 Å². The summed E-state index contributed by atoms with van der Waals surface area (Å²) in [5, 5.41) is 7.27. The van der Waals surface area contributed by atoms with Crippen LogP contribution in [0.1, 0.15) is 6.42 Å². The molecule has 1 aromatic carbocycles. The standard InChI is InChI=1S/C14H16ClN3/c15-12-7-8-14(18-11-12)17-10-4-9-16-13-5-2-1-3-6-13/h1-3,5-8,11,16H,4,9-10H2,(H,17,18). The summed E-state index contributed by atoms with van der Waals surface area (Å²) in [7, 11) is 0. The summed E-state index contributed by atoms with van der Waals surface area (Å²) in [6.07, 6.45) is 2.67. The zero-order chi connectivity index (χ0) is 12.6. The minimum Gasteiger partial charge on any atom is -0.385 e. The van der Waals surface area contributed by atoms with E-state index in [9.17, 15) is 0 Å². The number of pyridine rings is 1. The summed E-state index contributed by atoms with van der Waals surface area (Å²) in [5.41, 5.74) is 1.15. The zero-order valence-corrected chi connectivity index (χ0v) is 10.8. The van der Waals surface area contributed by atoms with Crippen LogP contribution in [0, 0.1) is 0 Å². The highest BCUT2D eigenvalue weighted by Gasteiger charge is 1.94. The van der Waals surface area contributed by atoms with Crippen LogP contribution in [0.15, 0.2) is 48.7 Å². The molecule has 94 valence electrons. The van der Waals surface area contributed by atoms with E-state index in [0.29, 0.717) is 5.02 Å². The maximum Gasteiger partial charge on any atom is 0.125 e. The smallest absolute Gasteiger partial charge is 0.125 e. The van der Waals surface area contributed by atoms with Gasteiger partial charge in [0, 0.05) is 25.0 Å². The van der Waals surface area contributed by atoms with Gasteiger partial charge in [0.1, 0.15) is 5.82 Å². The molecule has 2 N–H and O–H groups in total. The largest absolute Gasteiger partial charge is 0.385 e. The van der Waals surface area contributed by atoms with Crippen molar-refractivity contribution in [2.45, 2.75) is 6.42 Å². The third-order valence-corrected chi connectivity index (χ3v) is 2.71. The van der Waals surface area contributed by atoms with Gasteiger partial charge in [0.15, 0.2) is 0 Å². The molecule has 0 fully saturated rings. The van der Waals surface area contributed by atoms with E-state index >= 15 is 0 Å². The van der Waals surface area contributed by atoms with E-state index < -0.39 is 0 Å². The number of nitrogens with one attached hydrogen (secondary N) is 2. The highest BCUT2D eigenvalue weighted by atomic mass is 35.5. The van der Waals surface area contributed by atoms with E-state index in [1.165, 1.54) is 0 Å². The fraction of sp³-hybridized carbons (Fsp3) is 0.214. The Morgan fingerprint density at radius 3 is 2.44 bits per heavy atom. The van der Waals surface area contributed by atoms with Crippen LogP contribution in [0.2, 0.25) is 5.02 Å². The molecule has 0 saturated carbocycles. The molecule has 0 aliphatic heterocycles. The average Bonchev–Trinajstić information content (AvgIpc) is 2.42. The second-order valence-electron chi connectivity index (χ2n) is 3.93. The van der Waals surface area contributed by atoms with Gasteiger partial charge in [-0.25, -0.2) is 4.98 Å². The molecule has 0 radical (unpaired) electrons. The van der Waals surface area contributed by atoms with E-state index in [-0.39, 0.29) is 0 Å². The Morgan fingerprint density at radius 1 is 0.944 bits per heavy atom. The van der Waals surface area contributed by atoms with Gasteiger partial charge >= 0.3 is 0 Å². The Hall–Kier alpha value is -1.74. The Labute approximate surface area is 112 Å². The van der Waals surface area contributed by atoms with Crippen LogP contribution in [0.3, 0.4) is 0 Å². The highest BCUT2D eigenvalue weighted by Crippen LogP contribution is 2.09. The molecule has 3 nitrogen and oxygen atoms in total. The Kier molecular flexibility index (Phi) is 4.85. The number of benzene rings is 1. The molecule has 0 amide bonds. The molecule has 2 rings (SSSR count). The molecule has 0 unspecified atom stereocenters. The molecule has 0 atom stereocenters. The molecule has 1 heterocycles. The van der Waals surface area contributed by atoms with Crippen LogP contribution >= 0.6 is 11.6 Å². The maximum atomic E-state index is 5.76. The third-order valence-electron chi connectivity index (χ3n) is 2.49. The number of hydrogen-bond acceptors (Lipinski definition) is 3. The van der Waals surface area contributed by atoms with E-state index in [4.69, 9.17) is 11.6 Å². The quantitative estimate of drug-likeness (QED) is 0.780. The van der Waals surface area contributed by atoms with Gasteiger partial charge in [0.25, 0.3) is 0 Å². The van der Waals surface area contributed by atoms with Crippen LogP contribution in [0.25, 0.3) is 0 Å². The molecule has 1 aromatic heterocycles. The summed E-state index contributed by atoms with van der Waals surface area (Å²) < 4.78 is 0. The lowest BCUT2D eigenvalue weighted by Crippen LogP contribution is -2.09. The fourth-order valence-corrected chi connectivity index (χ4v) is 1.69. The van der Waals surface area contributed by atoms with Gasteiger partial charge in [0.05, 0.1) is 5.02 Å². The predicted octanol–water partition coefficient (Wildman–Crippen LogP) is 3.65. The lowest BCUT2D eigenvalue weighted by molar-refractivity contribution is 0.904. The van der Waals surface area contributed by atoms with Crippen LogP contribution in [-0.2, 0) is 0 Å². The Balaban J connectivity index is 1.63. The number of anilines is 2. The van der Waals surface area contributed by atoms with E-state index in [2.05, 4.69) is 27.8 Å². The van der Waals surface area contributed by atoms with Crippen LogP contribution in [-0.4, -0.2) is 18.1 Å². The minimum atomic E-state index is 0.659. The molecular formula is C14H16ClN3. The number of nitrogens with zero attached hydrogens (tertiary/aromatic N) is 1. The summed E-state index contributed by atoms with van der Waals surface area (Å²) >= 11 is 5.76. The molecule has 4 heteroatoms. The molecule has 18 heavy (non-hydrogen) atoms. The number of aromatic nitrogens is 1. The third kappa shape index (κ3) is 4.26. The summed E-state index contributed by atoms with van der Waals surface area (Å²) in [6.45, 7) is 1.82. The minimum absolute atomic E-state index is 0.659. The van der Waals surface area contributed by atoms with Crippen molar-refractivity contribution in [3.8, 4) is 0 Å². The lowest BCUT2D eigenvalue weighted by atomic mass is 10.3. The van der Waals surface area contributed by atoms with Gasteiger partial charge in [-0.1, -0.05) is 29.8 Å². The highest BCUT2D eigenvalue weighted by molar-refractivity contribution is 6.30. The van der Waals surface area contributed by atoms with Crippen LogP contribution in [0.4, 0.5) is 11.5 Å². The van der Waals surface area contributed by atoms with Gasteiger partial charge in [-0.2, -0.15) is 0 Å². The normalized spacial score (nSPS) is 10.1. The zero-order valence-electron chi connectivity index (χ0n) is 10.1. The van der Waals surface area contributed by atoms with Gasteiger partial charge < -0.3 is 10.6 Å². The number of hydrogen-bond donors (Lipinski definition) is 2. The first kappa shape index (κ1) is 12.7. The van der Waals surface area contributed by atoms with E-state index in [1.54, 1.807) is 6.20 Å². The molecule has 0 bridgehead atoms. The van der Waals surface area contributed by atoms with Crippen molar-refractivity contribution in [2.24, 2.45) is 0 Å². The molecule has 0 aliphatic rings. The monoisotopic (exact) mass is 261 g/mol. The summed E-state index contributed by atoms with van der Waals surface area (Å²) in [4.78, 5) is 4.17. The molecule has 0 aliphatic carbocycles. The molecule has 2 aromatic rings. The molecule has 0 saturated heterocycles. The van der Waals surface area contributed by atoms with Crippen molar-refractivity contribution in [1.29, 1.82) is 0 Å². The van der Waals surface area contributed by atoms with E-state index in [1.807, 2.05) is 30.3 Å². The second kappa shape index (κ2) is 6.87. The maximum absolute atomic E-state index is 5.76. The SMILES string of the molecule is Clc1ccc(NCCCNc2ccccc2)nc1. The second-order valence-corrected chi connectivity index (χ2v) is 4.37. The van der Waals surface area contributed by atoms with Crippen LogP contribution in [0.5, 0.6) is 0 Å². The summed E-state index contributed by atoms with van der Waals surface area (Å²) in [5.74, 6) is 0.860. The van der Waals surface area contributed by atoms with Crippen molar-refractivity contribution in [3.63, 3.8) is 0 Å². The first-order valence-corrected chi connectivity index (χ1v) is 6.37. The number of rotatable bonds is 6. The Bertz CT molecular complexity index is 456. The fourth-order valence-electron chi connectivity index (χ4n) is 1.57. The van der Waals surface area contributed by atoms with Crippen molar-refractivity contribution in [1.82, 2.24) is 4.98 Å². The van der Waals surface area contributed by atoms with Crippen LogP contribution < -0.4 is 10.6 Å². The van der Waals surface area contributed by atoms with Crippen molar-refractivity contribution in [3.05, 3.63) is 53.7 Å². The van der Waals surface area contributed by atoms with Gasteiger partial charge in [0.2, 0.25) is 0 Å². The Morgan fingerprint density at radius 2 is 1.72 bits per heavy atom. The first-order valence-electron chi connectivity index (χ1n) is 5.99. The predicted molar refractivity (Wildman–Crippen MR) is 77.3 cm³/mol. The van der Waals surface area contributed by atoms with Gasteiger partial charge in [-0.15, -0.1) is 0 Å². The average molecular weight is 262 g/mol. The number of para-hydroxylation sites is 1. The topological polar surface area (TPSA) is 37.0 Å². The van der Waals surface area contributed by atoms with Crippen molar-refractivity contribution < 1.29 is 0 Å². The molecular weight excluding hydrogens is 246 g/mol. The summed E-state index contributed by atoms with van der Waals surface area (Å²) in [6, 6.07) is 13.9. The lowest BCUT2D eigenvalue weighted by Gasteiger charge is -2.07. The first-order chi connectivity index (χ1) is 8.84.